The number of carboxylic acid groups (broad SMARTS) is 1. The fourth-order valence-corrected chi connectivity index (χ4v) is 7.95. The summed E-state index contributed by atoms with van der Waals surface area (Å²) >= 11 is 3.48. The van der Waals surface area contributed by atoms with Gasteiger partial charge in [-0.05, 0) is 61.7 Å². The number of Topliss-reactive ketones (excluding diaryl/α,β-unsaturated/α-hetero) is 1. The second kappa shape index (κ2) is 11.4. The average molecular weight is 449 g/mol. The minimum Gasteiger partial charge on any atom is -0.481 e. The summed E-state index contributed by atoms with van der Waals surface area (Å²) in [5.74, 6) is 1.21. The molecule has 0 aromatic carbocycles. The molecule has 1 N–H and O–H groups in total. The van der Waals surface area contributed by atoms with E-state index in [2.05, 4.69) is 40.8 Å². The molecule has 0 amide bonds. The number of carbonyl (C=O) groups is 2. The number of ketones is 1. The van der Waals surface area contributed by atoms with Gasteiger partial charge < -0.3 is 9.53 Å². The molecule has 0 aromatic heterocycles. The summed E-state index contributed by atoms with van der Waals surface area (Å²) in [6, 6.07) is 0. The van der Waals surface area contributed by atoms with E-state index in [0.29, 0.717) is 0 Å². The first-order valence-electron chi connectivity index (χ1n) is 10.6. The van der Waals surface area contributed by atoms with E-state index in [1.54, 1.807) is 23.5 Å². The zero-order valence-electron chi connectivity index (χ0n) is 18.6. The molecule has 0 radical (unpaired) electrons. The number of hydrogen-bond donors (Lipinski definition) is 1. The number of rotatable bonds is 12. The number of thioether (sulfide) groups is 2. The van der Waals surface area contributed by atoms with Crippen LogP contribution in [0.1, 0.15) is 79.1 Å². The average Bonchev–Trinajstić information content (AvgIpc) is 2.59. The van der Waals surface area contributed by atoms with Crippen molar-refractivity contribution >= 4 is 43.6 Å². The standard InChI is InChI=1S/C21H40O4S2Si/c1-7-10-17(25-28(5,6)20(2,3)4)11-8-14-21(26-15-9-16-27-21)18(22)12-13-19(23)24/h17H,7-16H2,1-6H3,(H,23,24). The van der Waals surface area contributed by atoms with Crippen molar-refractivity contribution in [1.82, 2.24) is 0 Å². The van der Waals surface area contributed by atoms with Crippen LogP contribution in [0.3, 0.4) is 0 Å². The lowest BCUT2D eigenvalue weighted by atomic mass is 10.0. The number of carboxylic acids is 1. The first kappa shape index (κ1) is 26.1. The number of aliphatic carboxylic acids is 1. The van der Waals surface area contributed by atoms with Crippen LogP contribution in [0.25, 0.3) is 0 Å². The van der Waals surface area contributed by atoms with Crippen molar-refractivity contribution in [3.05, 3.63) is 0 Å². The van der Waals surface area contributed by atoms with Crippen LogP contribution in [0.15, 0.2) is 0 Å². The zero-order valence-corrected chi connectivity index (χ0v) is 21.3. The van der Waals surface area contributed by atoms with Crippen LogP contribution in [-0.4, -0.2) is 46.9 Å². The van der Waals surface area contributed by atoms with E-state index in [1.165, 1.54) is 0 Å². The van der Waals surface area contributed by atoms with Crippen LogP contribution < -0.4 is 0 Å². The Kier molecular flexibility index (Phi) is 10.6. The molecule has 164 valence electrons. The molecule has 28 heavy (non-hydrogen) atoms. The minimum absolute atomic E-state index is 0.0609. The van der Waals surface area contributed by atoms with Crippen molar-refractivity contribution in [2.75, 3.05) is 11.5 Å². The Hall–Kier alpha value is 0.0169. The molecular weight excluding hydrogens is 408 g/mol. The monoisotopic (exact) mass is 448 g/mol. The normalized spacial score (nSPS) is 18.6. The first-order valence-corrected chi connectivity index (χ1v) is 15.5. The molecule has 7 heteroatoms. The summed E-state index contributed by atoms with van der Waals surface area (Å²) in [5.41, 5.74) is 0. The topological polar surface area (TPSA) is 63.6 Å². The van der Waals surface area contributed by atoms with Crippen molar-refractivity contribution in [2.24, 2.45) is 0 Å². The van der Waals surface area contributed by atoms with Crippen molar-refractivity contribution < 1.29 is 19.1 Å². The minimum atomic E-state index is -1.80. The van der Waals surface area contributed by atoms with E-state index in [-0.39, 0.29) is 29.8 Å². The Morgan fingerprint density at radius 3 is 2.25 bits per heavy atom. The summed E-state index contributed by atoms with van der Waals surface area (Å²) in [6.07, 6.45) is 6.39. The highest BCUT2D eigenvalue weighted by Gasteiger charge is 2.41. The first-order chi connectivity index (χ1) is 12.9. The van der Waals surface area contributed by atoms with Gasteiger partial charge in [-0.25, -0.2) is 0 Å². The second-order valence-electron chi connectivity index (χ2n) is 9.30. The van der Waals surface area contributed by atoms with Gasteiger partial charge in [0, 0.05) is 12.5 Å². The lowest BCUT2D eigenvalue weighted by Crippen LogP contribution is -2.44. The summed E-state index contributed by atoms with van der Waals surface area (Å²) in [5, 5.41) is 9.14. The molecule has 0 spiro atoms. The van der Waals surface area contributed by atoms with E-state index in [0.717, 1.165) is 50.0 Å². The Bertz CT molecular complexity index is 511. The van der Waals surface area contributed by atoms with Gasteiger partial charge in [0.15, 0.2) is 14.1 Å². The summed E-state index contributed by atoms with van der Waals surface area (Å²) in [6.45, 7) is 13.6. The van der Waals surface area contributed by atoms with Crippen molar-refractivity contribution in [2.45, 2.75) is 107 Å². The molecule has 1 fully saturated rings. The van der Waals surface area contributed by atoms with Crippen molar-refractivity contribution in [1.29, 1.82) is 0 Å². The van der Waals surface area contributed by atoms with Crippen molar-refractivity contribution in [3.63, 3.8) is 0 Å². The van der Waals surface area contributed by atoms with Crippen LogP contribution in [0.4, 0.5) is 0 Å². The molecule has 4 nitrogen and oxygen atoms in total. The van der Waals surface area contributed by atoms with Gasteiger partial charge in [0.05, 0.1) is 6.42 Å². The fraction of sp³-hybridized carbons (Fsp3) is 0.905. The highest BCUT2D eigenvalue weighted by Crippen LogP contribution is 2.47. The Labute approximate surface area is 181 Å². The van der Waals surface area contributed by atoms with Gasteiger partial charge in [0.25, 0.3) is 0 Å². The van der Waals surface area contributed by atoms with Gasteiger partial charge >= 0.3 is 5.97 Å². The molecule has 1 aliphatic heterocycles. The highest BCUT2D eigenvalue weighted by atomic mass is 32.2. The molecule has 1 unspecified atom stereocenters. The number of hydrogen-bond acceptors (Lipinski definition) is 5. The Morgan fingerprint density at radius 2 is 1.75 bits per heavy atom. The van der Waals surface area contributed by atoms with E-state index < -0.39 is 18.4 Å². The van der Waals surface area contributed by atoms with Gasteiger partial charge in [-0.15, -0.1) is 23.5 Å². The van der Waals surface area contributed by atoms with Crippen LogP contribution in [0.2, 0.25) is 18.1 Å². The number of carbonyl (C=O) groups excluding carboxylic acids is 1. The molecule has 1 heterocycles. The Balaban J connectivity index is 2.71. The largest absolute Gasteiger partial charge is 0.481 e. The maximum absolute atomic E-state index is 12.9. The molecule has 0 bridgehead atoms. The third-order valence-electron chi connectivity index (χ3n) is 5.86. The zero-order chi connectivity index (χ0) is 21.4. The van der Waals surface area contributed by atoms with Gasteiger partial charge in [-0.2, -0.15) is 0 Å². The van der Waals surface area contributed by atoms with Crippen molar-refractivity contribution in [3.8, 4) is 0 Å². The maximum Gasteiger partial charge on any atom is 0.303 e. The summed E-state index contributed by atoms with van der Waals surface area (Å²) in [7, 11) is -1.80. The van der Waals surface area contributed by atoms with Gasteiger partial charge in [-0.1, -0.05) is 34.1 Å². The molecule has 1 rings (SSSR count). The Morgan fingerprint density at radius 1 is 1.14 bits per heavy atom. The predicted molar refractivity (Wildman–Crippen MR) is 125 cm³/mol. The van der Waals surface area contributed by atoms with E-state index in [1.807, 2.05) is 0 Å². The molecular formula is C21H40O4S2Si. The molecule has 0 saturated carbocycles. The molecule has 1 aliphatic rings. The maximum atomic E-state index is 12.9. The van der Waals surface area contributed by atoms with E-state index in [9.17, 15) is 9.59 Å². The van der Waals surface area contributed by atoms with E-state index >= 15 is 0 Å². The van der Waals surface area contributed by atoms with Crippen LogP contribution in [0, 0.1) is 0 Å². The second-order valence-corrected chi connectivity index (χ2v) is 17.1. The molecule has 0 aromatic rings. The molecule has 1 saturated heterocycles. The van der Waals surface area contributed by atoms with Gasteiger partial charge in [-0.3, -0.25) is 9.59 Å². The highest BCUT2D eigenvalue weighted by molar-refractivity contribution is 8.19. The van der Waals surface area contributed by atoms with Crippen LogP contribution >= 0.6 is 23.5 Å². The predicted octanol–water partition coefficient (Wildman–Crippen LogP) is 6.35. The van der Waals surface area contributed by atoms with Crippen LogP contribution in [-0.2, 0) is 14.0 Å². The fourth-order valence-electron chi connectivity index (χ4n) is 3.17. The van der Waals surface area contributed by atoms with Gasteiger partial charge in [0.1, 0.15) is 4.08 Å². The summed E-state index contributed by atoms with van der Waals surface area (Å²) in [4.78, 5) is 23.8. The summed E-state index contributed by atoms with van der Waals surface area (Å²) < 4.78 is 6.22. The SMILES string of the molecule is CCCC(CCCC1(C(=O)CCC(=O)O)SCCCS1)O[Si](C)(C)C(C)(C)C. The third-order valence-corrected chi connectivity index (χ3v) is 13.9. The third kappa shape index (κ3) is 8.03. The van der Waals surface area contributed by atoms with Crippen LogP contribution in [0.5, 0.6) is 0 Å². The van der Waals surface area contributed by atoms with Gasteiger partial charge in [0.2, 0.25) is 0 Å². The lowest BCUT2D eigenvalue weighted by molar-refractivity contribution is -0.138. The lowest BCUT2D eigenvalue weighted by Gasteiger charge is -2.40. The quantitative estimate of drug-likeness (QED) is 0.351. The molecule has 1 atom stereocenters. The van der Waals surface area contributed by atoms with E-state index in [4.69, 9.17) is 9.53 Å². The smallest absolute Gasteiger partial charge is 0.303 e. The molecule has 0 aliphatic carbocycles.